The highest BCUT2D eigenvalue weighted by Crippen LogP contribution is 2.39. The van der Waals surface area contributed by atoms with E-state index in [0.717, 1.165) is 37.4 Å². The van der Waals surface area contributed by atoms with Crippen LogP contribution in [0.3, 0.4) is 0 Å². The van der Waals surface area contributed by atoms with Crippen LogP contribution in [0, 0.1) is 0 Å². The molecule has 0 saturated heterocycles. The van der Waals surface area contributed by atoms with Gasteiger partial charge in [-0.3, -0.25) is 0 Å². The minimum Gasteiger partial charge on any atom is -0.454 e. The van der Waals surface area contributed by atoms with Gasteiger partial charge in [0.05, 0.1) is 11.1 Å². The molecule has 19 heavy (non-hydrogen) atoms. The predicted molar refractivity (Wildman–Crippen MR) is 75.0 cm³/mol. The molecular weight excluding hydrogens is 266 g/mol. The van der Waals surface area contributed by atoms with Crippen LogP contribution >= 0.6 is 11.6 Å². The van der Waals surface area contributed by atoms with Gasteiger partial charge in [0.2, 0.25) is 6.79 Å². The summed E-state index contributed by atoms with van der Waals surface area (Å²) < 4.78 is 16.1. The molecule has 1 aliphatic heterocycles. The van der Waals surface area contributed by atoms with Gasteiger partial charge in [0.1, 0.15) is 0 Å². The Balaban J connectivity index is 1.73. The molecule has 0 atom stereocenters. The van der Waals surface area contributed by atoms with E-state index in [1.54, 1.807) is 0 Å². The Bertz CT molecular complexity index is 423. The lowest BCUT2D eigenvalue weighted by Crippen LogP contribution is -2.17. The van der Waals surface area contributed by atoms with Crippen molar-refractivity contribution in [3.8, 4) is 11.5 Å². The van der Waals surface area contributed by atoms with Crippen molar-refractivity contribution in [2.75, 3.05) is 19.9 Å². The largest absolute Gasteiger partial charge is 0.454 e. The Kier molecular flexibility index (Phi) is 5.31. The summed E-state index contributed by atoms with van der Waals surface area (Å²) >= 11 is 6.12. The van der Waals surface area contributed by atoms with Gasteiger partial charge in [-0.15, -0.1) is 0 Å². The molecule has 0 saturated carbocycles. The molecular formula is C14H20ClNO3. The van der Waals surface area contributed by atoms with Crippen molar-refractivity contribution in [3.63, 3.8) is 0 Å². The van der Waals surface area contributed by atoms with E-state index in [-0.39, 0.29) is 6.79 Å². The van der Waals surface area contributed by atoms with Crippen LogP contribution in [0.4, 0.5) is 0 Å². The number of halogens is 1. The van der Waals surface area contributed by atoms with Crippen molar-refractivity contribution in [1.82, 2.24) is 5.32 Å². The fourth-order valence-electron chi connectivity index (χ4n) is 1.87. The molecule has 0 bridgehead atoms. The van der Waals surface area contributed by atoms with Crippen molar-refractivity contribution >= 4 is 11.6 Å². The topological polar surface area (TPSA) is 39.7 Å². The zero-order valence-corrected chi connectivity index (χ0v) is 12.1. The Morgan fingerprint density at radius 3 is 3.00 bits per heavy atom. The monoisotopic (exact) mass is 285 g/mol. The highest BCUT2D eigenvalue weighted by atomic mass is 35.5. The standard InChI is InChI=1S/C14H20ClNO3/c1-10(2)17-5-3-4-16-8-11-6-12(15)14-13(7-11)18-9-19-14/h6-7,10,16H,3-5,8-9H2,1-2H3. The molecule has 2 rings (SSSR count). The van der Waals surface area contributed by atoms with E-state index in [4.69, 9.17) is 25.8 Å². The fourth-order valence-corrected chi connectivity index (χ4v) is 2.16. The molecule has 1 heterocycles. The summed E-state index contributed by atoms with van der Waals surface area (Å²) in [5.41, 5.74) is 1.10. The second-order valence-electron chi connectivity index (χ2n) is 4.76. The molecule has 5 heteroatoms. The first-order valence-electron chi connectivity index (χ1n) is 6.57. The predicted octanol–water partition coefficient (Wildman–Crippen LogP) is 2.97. The van der Waals surface area contributed by atoms with Crippen LogP contribution < -0.4 is 14.8 Å². The number of fused-ring (bicyclic) bond motifs is 1. The van der Waals surface area contributed by atoms with Crippen molar-refractivity contribution in [2.45, 2.75) is 32.9 Å². The second-order valence-corrected chi connectivity index (χ2v) is 5.17. The molecule has 1 aromatic rings. The van der Waals surface area contributed by atoms with E-state index in [2.05, 4.69) is 5.32 Å². The quantitative estimate of drug-likeness (QED) is 0.782. The highest BCUT2D eigenvalue weighted by molar-refractivity contribution is 6.32. The molecule has 0 unspecified atom stereocenters. The number of hydrogen-bond donors (Lipinski definition) is 1. The number of hydrogen-bond acceptors (Lipinski definition) is 4. The van der Waals surface area contributed by atoms with Crippen LogP contribution in [0.2, 0.25) is 5.02 Å². The van der Waals surface area contributed by atoms with E-state index >= 15 is 0 Å². The summed E-state index contributed by atoms with van der Waals surface area (Å²) in [6.45, 7) is 6.80. The van der Waals surface area contributed by atoms with Crippen LogP contribution in [-0.4, -0.2) is 26.0 Å². The third kappa shape index (κ3) is 4.27. The Morgan fingerprint density at radius 1 is 1.37 bits per heavy atom. The average molecular weight is 286 g/mol. The van der Waals surface area contributed by atoms with Crippen LogP contribution in [0.15, 0.2) is 12.1 Å². The summed E-state index contributed by atoms with van der Waals surface area (Å²) in [6, 6.07) is 3.87. The molecule has 1 aromatic carbocycles. The molecule has 0 aromatic heterocycles. The molecule has 1 aliphatic rings. The first-order valence-corrected chi connectivity index (χ1v) is 6.95. The lowest BCUT2D eigenvalue weighted by Gasteiger charge is -2.09. The first-order chi connectivity index (χ1) is 9.16. The minimum absolute atomic E-state index is 0.248. The van der Waals surface area contributed by atoms with Gasteiger partial charge in [0.15, 0.2) is 11.5 Å². The Labute approximate surface area is 119 Å². The third-order valence-corrected chi connectivity index (χ3v) is 3.05. The maximum atomic E-state index is 6.12. The van der Waals surface area contributed by atoms with Gasteiger partial charge in [-0.1, -0.05) is 11.6 Å². The fraction of sp³-hybridized carbons (Fsp3) is 0.571. The van der Waals surface area contributed by atoms with Gasteiger partial charge < -0.3 is 19.5 Å². The lowest BCUT2D eigenvalue weighted by molar-refractivity contribution is 0.0770. The Hall–Kier alpha value is -0.970. The maximum absolute atomic E-state index is 6.12. The molecule has 106 valence electrons. The number of nitrogens with one attached hydrogen (secondary N) is 1. The second kappa shape index (κ2) is 6.98. The molecule has 4 nitrogen and oxygen atoms in total. The maximum Gasteiger partial charge on any atom is 0.231 e. The summed E-state index contributed by atoms with van der Waals surface area (Å²) in [5, 5.41) is 3.97. The number of rotatable bonds is 7. The number of ether oxygens (including phenoxy) is 3. The summed E-state index contributed by atoms with van der Waals surface area (Å²) in [5.74, 6) is 1.38. The van der Waals surface area contributed by atoms with Gasteiger partial charge in [-0.25, -0.2) is 0 Å². The van der Waals surface area contributed by atoms with E-state index in [0.29, 0.717) is 16.9 Å². The minimum atomic E-state index is 0.248. The van der Waals surface area contributed by atoms with Crippen LogP contribution in [-0.2, 0) is 11.3 Å². The molecule has 0 radical (unpaired) electrons. The van der Waals surface area contributed by atoms with E-state index < -0.39 is 0 Å². The van der Waals surface area contributed by atoms with Crippen LogP contribution in [0.1, 0.15) is 25.8 Å². The smallest absolute Gasteiger partial charge is 0.231 e. The molecule has 0 amide bonds. The third-order valence-electron chi connectivity index (χ3n) is 2.77. The van der Waals surface area contributed by atoms with E-state index in [9.17, 15) is 0 Å². The Morgan fingerprint density at radius 2 is 2.21 bits per heavy atom. The summed E-state index contributed by atoms with van der Waals surface area (Å²) in [7, 11) is 0. The number of benzene rings is 1. The van der Waals surface area contributed by atoms with Crippen LogP contribution in [0.25, 0.3) is 0 Å². The van der Waals surface area contributed by atoms with Gasteiger partial charge >= 0.3 is 0 Å². The zero-order chi connectivity index (χ0) is 13.7. The zero-order valence-electron chi connectivity index (χ0n) is 11.4. The van der Waals surface area contributed by atoms with Gasteiger partial charge in [-0.05, 0) is 44.5 Å². The average Bonchev–Trinajstić information content (AvgIpc) is 2.82. The van der Waals surface area contributed by atoms with Crippen molar-refractivity contribution in [3.05, 3.63) is 22.7 Å². The highest BCUT2D eigenvalue weighted by Gasteiger charge is 2.17. The van der Waals surface area contributed by atoms with Crippen molar-refractivity contribution < 1.29 is 14.2 Å². The van der Waals surface area contributed by atoms with Crippen molar-refractivity contribution in [1.29, 1.82) is 0 Å². The van der Waals surface area contributed by atoms with Gasteiger partial charge in [0, 0.05) is 13.2 Å². The molecule has 0 aliphatic carbocycles. The molecule has 1 N–H and O–H groups in total. The van der Waals surface area contributed by atoms with Gasteiger partial charge in [-0.2, -0.15) is 0 Å². The summed E-state index contributed by atoms with van der Waals surface area (Å²) in [6.07, 6.45) is 1.30. The lowest BCUT2D eigenvalue weighted by atomic mass is 10.2. The van der Waals surface area contributed by atoms with E-state index in [1.165, 1.54) is 0 Å². The van der Waals surface area contributed by atoms with Crippen molar-refractivity contribution in [2.24, 2.45) is 0 Å². The first kappa shape index (κ1) is 14.4. The van der Waals surface area contributed by atoms with Crippen LogP contribution in [0.5, 0.6) is 11.5 Å². The summed E-state index contributed by atoms with van der Waals surface area (Å²) in [4.78, 5) is 0. The normalized spacial score (nSPS) is 13.3. The van der Waals surface area contributed by atoms with E-state index in [1.807, 2.05) is 26.0 Å². The van der Waals surface area contributed by atoms with Gasteiger partial charge in [0.25, 0.3) is 0 Å². The molecule has 0 fully saturated rings. The molecule has 0 spiro atoms. The SMILES string of the molecule is CC(C)OCCCNCc1cc(Cl)c2c(c1)OCO2.